The Hall–Kier alpha value is -1.13. The van der Waals surface area contributed by atoms with E-state index < -0.39 is 0 Å². The van der Waals surface area contributed by atoms with E-state index in [0.29, 0.717) is 5.75 Å². The zero-order valence-electron chi connectivity index (χ0n) is 13.8. The molecule has 0 aliphatic carbocycles. The van der Waals surface area contributed by atoms with Crippen LogP contribution >= 0.6 is 0 Å². The zero-order chi connectivity index (χ0) is 15.8. The Balaban J connectivity index is 2.19. The summed E-state index contributed by atoms with van der Waals surface area (Å²) < 4.78 is 25.0. The number of hydrogen-bond donors (Lipinski definition) is 1. The quantitative estimate of drug-likeness (QED) is 0.915. The van der Waals surface area contributed by atoms with Crippen molar-refractivity contribution in [3.05, 3.63) is 29.6 Å². The first-order valence-electron chi connectivity index (χ1n) is 7.44. The van der Waals surface area contributed by atoms with Gasteiger partial charge in [0.2, 0.25) is 0 Å². The van der Waals surface area contributed by atoms with Crippen LogP contribution in [0.3, 0.4) is 0 Å². The molecule has 0 radical (unpaired) electrons. The fourth-order valence-electron chi connectivity index (χ4n) is 3.26. The highest BCUT2D eigenvalue weighted by Crippen LogP contribution is 2.39. The third-order valence-corrected chi connectivity index (χ3v) is 4.18. The molecule has 21 heavy (non-hydrogen) atoms. The Morgan fingerprint density at radius 1 is 1.33 bits per heavy atom. The maximum absolute atomic E-state index is 13.5. The first-order valence-corrected chi connectivity index (χ1v) is 7.44. The minimum Gasteiger partial charge on any atom is -0.496 e. The van der Waals surface area contributed by atoms with Gasteiger partial charge in [0.25, 0.3) is 0 Å². The van der Waals surface area contributed by atoms with E-state index in [1.54, 1.807) is 13.2 Å². The van der Waals surface area contributed by atoms with Gasteiger partial charge in [-0.05, 0) is 59.2 Å². The van der Waals surface area contributed by atoms with Crippen LogP contribution in [0.4, 0.5) is 4.39 Å². The van der Waals surface area contributed by atoms with Crippen molar-refractivity contribution in [3.63, 3.8) is 0 Å². The summed E-state index contributed by atoms with van der Waals surface area (Å²) in [5, 5.41) is 3.57. The molecule has 1 aliphatic heterocycles. The molecule has 2 unspecified atom stereocenters. The highest BCUT2D eigenvalue weighted by molar-refractivity contribution is 5.36. The van der Waals surface area contributed by atoms with E-state index >= 15 is 0 Å². The average molecular weight is 295 g/mol. The Kier molecular flexibility index (Phi) is 4.31. The molecule has 1 heterocycles. The molecule has 0 bridgehead atoms. The summed E-state index contributed by atoms with van der Waals surface area (Å²) in [6.45, 7) is 10.4. The number of methoxy groups -OCH3 is 1. The standard InChI is InChI=1S/C17H26FNO2/c1-11(13-9-12(18)7-8-14(13)20-6)19-15-10-16(2,3)21-17(15,4)5/h7-9,11,15,19H,10H2,1-6H3. The molecule has 1 saturated heterocycles. The van der Waals surface area contributed by atoms with Crippen molar-refractivity contribution in [3.8, 4) is 5.75 Å². The maximum atomic E-state index is 13.5. The Bertz CT molecular complexity index is 514. The molecule has 2 rings (SSSR count). The van der Waals surface area contributed by atoms with E-state index in [1.165, 1.54) is 12.1 Å². The van der Waals surface area contributed by atoms with E-state index in [1.807, 2.05) is 6.92 Å². The van der Waals surface area contributed by atoms with Crippen LogP contribution in [0, 0.1) is 5.82 Å². The Morgan fingerprint density at radius 3 is 2.52 bits per heavy atom. The molecule has 3 nitrogen and oxygen atoms in total. The molecule has 2 atom stereocenters. The van der Waals surface area contributed by atoms with Gasteiger partial charge in [0.05, 0.1) is 18.3 Å². The van der Waals surface area contributed by atoms with Gasteiger partial charge >= 0.3 is 0 Å². The van der Waals surface area contributed by atoms with Gasteiger partial charge in [0.15, 0.2) is 0 Å². The topological polar surface area (TPSA) is 30.5 Å². The third-order valence-electron chi connectivity index (χ3n) is 4.18. The van der Waals surface area contributed by atoms with Crippen LogP contribution in [0.25, 0.3) is 0 Å². The van der Waals surface area contributed by atoms with Crippen LogP contribution in [0.5, 0.6) is 5.75 Å². The molecule has 1 N–H and O–H groups in total. The predicted molar refractivity (Wildman–Crippen MR) is 82.2 cm³/mol. The maximum Gasteiger partial charge on any atom is 0.123 e. The first kappa shape index (κ1) is 16.2. The van der Waals surface area contributed by atoms with E-state index in [4.69, 9.17) is 9.47 Å². The summed E-state index contributed by atoms with van der Waals surface area (Å²) in [6.07, 6.45) is 0.919. The summed E-state index contributed by atoms with van der Waals surface area (Å²) in [7, 11) is 1.61. The smallest absolute Gasteiger partial charge is 0.123 e. The summed E-state index contributed by atoms with van der Waals surface area (Å²) in [6, 6.07) is 4.81. The fraction of sp³-hybridized carbons (Fsp3) is 0.647. The average Bonchev–Trinajstić information content (AvgIpc) is 2.56. The first-order chi connectivity index (χ1) is 9.64. The Morgan fingerprint density at radius 2 is 2.00 bits per heavy atom. The number of hydrogen-bond acceptors (Lipinski definition) is 3. The van der Waals surface area contributed by atoms with E-state index in [0.717, 1.165) is 12.0 Å². The number of halogens is 1. The van der Waals surface area contributed by atoms with Gasteiger partial charge in [-0.2, -0.15) is 0 Å². The van der Waals surface area contributed by atoms with Gasteiger partial charge < -0.3 is 14.8 Å². The second-order valence-electron chi connectivity index (χ2n) is 7.00. The molecular formula is C17H26FNO2. The van der Waals surface area contributed by atoms with Gasteiger partial charge in [-0.3, -0.25) is 0 Å². The lowest BCUT2D eigenvalue weighted by molar-refractivity contribution is -0.0704. The Labute approximate surface area is 126 Å². The van der Waals surface area contributed by atoms with Crippen molar-refractivity contribution in [1.29, 1.82) is 0 Å². The van der Waals surface area contributed by atoms with Crippen molar-refractivity contribution in [2.45, 2.75) is 64.3 Å². The third kappa shape index (κ3) is 3.55. The molecule has 0 aromatic heterocycles. The van der Waals surface area contributed by atoms with Crippen molar-refractivity contribution < 1.29 is 13.9 Å². The lowest BCUT2D eigenvalue weighted by atomic mass is 9.93. The fourth-order valence-corrected chi connectivity index (χ4v) is 3.26. The van der Waals surface area contributed by atoms with Crippen LogP contribution in [0.15, 0.2) is 18.2 Å². The second kappa shape index (κ2) is 5.58. The van der Waals surface area contributed by atoms with Crippen molar-refractivity contribution >= 4 is 0 Å². The largest absolute Gasteiger partial charge is 0.496 e. The van der Waals surface area contributed by atoms with Crippen LogP contribution < -0.4 is 10.1 Å². The molecule has 1 aromatic carbocycles. The number of benzene rings is 1. The SMILES string of the molecule is COc1ccc(F)cc1C(C)NC1CC(C)(C)OC1(C)C. The summed E-state index contributed by atoms with van der Waals surface area (Å²) >= 11 is 0. The lowest BCUT2D eigenvalue weighted by Crippen LogP contribution is -2.44. The summed E-state index contributed by atoms with van der Waals surface area (Å²) in [4.78, 5) is 0. The van der Waals surface area contributed by atoms with Gasteiger partial charge in [-0.25, -0.2) is 4.39 Å². The van der Waals surface area contributed by atoms with E-state index in [9.17, 15) is 4.39 Å². The number of ether oxygens (including phenoxy) is 2. The van der Waals surface area contributed by atoms with Crippen LogP contribution in [-0.4, -0.2) is 24.4 Å². The van der Waals surface area contributed by atoms with Gasteiger partial charge in [0, 0.05) is 17.6 Å². The molecule has 4 heteroatoms. The van der Waals surface area contributed by atoms with Gasteiger partial charge in [-0.1, -0.05) is 0 Å². The molecule has 1 aliphatic rings. The molecule has 0 spiro atoms. The normalized spacial score (nSPS) is 24.8. The van der Waals surface area contributed by atoms with Crippen molar-refractivity contribution in [2.75, 3.05) is 7.11 Å². The van der Waals surface area contributed by atoms with Crippen molar-refractivity contribution in [2.24, 2.45) is 0 Å². The van der Waals surface area contributed by atoms with E-state index in [2.05, 4.69) is 33.0 Å². The molecule has 0 amide bonds. The molecule has 118 valence electrons. The monoisotopic (exact) mass is 295 g/mol. The number of rotatable bonds is 4. The highest BCUT2D eigenvalue weighted by atomic mass is 19.1. The van der Waals surface area contributed by atoms with Crippen LogP contribution in [-0.2, 0) is 4.74 Å². The van der Waals surface area contributed by atoms with Gasteiger partial charge in [0.1, 0.15) is 11.6 Å². The minimum absolute atomic E-state index is 0.0163. The zero-order valence-corrected chi connectivity index (χ0v) is 13.8. The molecule has 0 saturated carbocycles. The molecule has 1 aromatic rings. The van der Waals surface area contributed by atoms with Gasteiger partial charge in [-0.15, -0.1) is 0 Å². The summed E-state index contributed by atoms with van der Waals surface area (Å²) in [5.74, 6) is 0.453. The van der Waals surface area contributed by atoms with Crippen molar-refractivity contribution in [1.82, 2.24) is 5.32 Å². The van der Waals surface area contributed by atoms with E-state index in [-0.39, 0.29) is 29.1 Å². The predicted octanol–water partition coefficient (Wildman–Crippen LogP) is 3.83. The molecule has 1 fully saturated rings. The lowest BCUT2D eigenvalue weighted by Gasteiger charge is -2.30. The second-order valence-corrected chi connectivity index (χ2v) is 7.00. The van der Waals surface area contributed by atoms with Crippen LogP contribution in [0.2, 0.25) is 0 Å². The molecular weight excluding hydrogens is 269 g/mol. The highest BCUT2D eigenvalue weighted by Gasteiger charge is 2.46. The number of nitrogens with one attached hydrogen (secondary N) is 1. The van der Waals surface area contributed by atoms with Crippen LogP contribution in [0.1, 0.15) is 52.6 Å². The minimum atomic E-state index is -0.252. The summed E-state index contributed by atoms with van der Waals surface area (Å²) in [5.41, 5.74) is 0.434.